The predicted octanol–water partition coefficient (Wildman–Crippen LogP) is 5.03. The number of hydrogen-bond acceptors (Lipinski definition) is 6. The van der Waals surface area contributed by atoms with Crippen LogP contribution in [0.3, 0.4) is 0 Å². The Labute approximate surface area is 203 Å². The van der Waals surface area contributed by atoms with Gasteiger partial charge in [-0.15, -0.1) is 0 Å². The molecule has 1 heterocycles. The number of benzene rings is 2. The lowest BCUT2D eigenvalue weighted by atomic mass is 9.91. The van der Waals surface area contributed by atoms with Crippen molar-refractivity contribution in [3.05, 3.63) is 60.7 Å². The van der Waals surface area contributed by atoms with Gasteiger partial charge in [0.2, 0.25) is 0 Å². The van der Waals surface area contributed by atoms with E-state index in [1.807, 2.05) is 6.07 Å². The van der Waals surface area contributed by atoms with Crippen molar-refractivity contribution in [2.75, 3.05) is 48.8 Å². The molecule has 1 fully saturated rings. The minimum absolute atomic E-state index is 0.457. The summed E-state index contributed by atoms with van der Waals surface area (Å²) in [6.45, 7) is 2.62. The van der Waals surface area contributed by atoms with Gasteiger partial charge in [0.25, 0.3) is 0 Å². The molecule has 1 aliphatic carbocycles. The third-order valence-corrected chi connectivity index (χ3v) is 6.68. The monoisotopic (exact) mass is 456 g/mol. The van der Waals surface area contributed by atoms with Gasteiger partial charge in [-0.25, -0.2) is 4.98 Å². The first-order chi connectivity index (χ1) is 16.6. The summed E-state index contributed by atoms with van der Waals surface area (Å²) in [6.07, 6.45) is 5.15. The molecular weight excluding hydrogens is 420 g/mol. The predicted molar refractivity (Wildman–Crippen MR) is 143 cm³/mol. The minimum atomic E-state index is 0.457. The third kappa shape index (κ3) is 6.18. The van der Waals surface area contributed by atoms with E-state index in [1.165, 1.54) is 16.8 Å². The first kappa shape index (κ1) is 23.8. The van der Waals surface area contributed by atoms with Crippen molar-refractivity contribution >= 4 is 28.1 Å². The molecule has 0 amide bonds. The molecule has 0 saturated heterocycles. The summed E-state index contributed by atoms with van der Waals surface area (Å²) in [5.74, 6) is 0.967. The van der Waals surface area contributed by atoms with E-state index < -0.39 is 0 Å². The Bertz CT molecular complexity index is 1080. The van der Waals surface area contributed by atoms with E-state index in [1.54, 1.807) is 0 Å². The average molecular weight is 457 g/mol. The number of aromatic nitrogens is 1. The van der Waals surface area contributed by atoms with Crippen LogP contribution < -0.4 is 20.4 Å². The molecule has 0 spiro atoms. The first-order valence-corrected chi connectivity index (χ1v) is 12.4. The van der Waals surface area contributed by atoms with Crippen molar-refractivity contribution < 1.29 is 0 Å². The zero-order valence-corrected chi connectivity index (χ0v) is 20.4. The Kier molecular flexibility index (Phi) is 8.21. The molecule has 178 valence electrons. The summed E-state index contributed by atoms with van der Waals surface area (Å²) in [7, 11) is 4.17. The van der Waals surface area contributed by atoms with Crippen molar-refractivity contribution in [1.29, 1.82) is 5.26 Å². The van der Waals surface area contributed by atoms with Crippen LogP contribution in [0.25, 0.3) is 10.9 Å². The van der Waals surface area contributed by atoms with Gasteiger partial charge in [-0.1, -0.05) is 36.4 Å². The number of anilines is 3. The van der Waals surface area contributed by atoms with Crippen LogP contribution >= 0.6 is 0 Å². The fourth-order valence-corrected chi connectivity index (χ4v) is 4.85. The summed E-state index contributed by atoms with van der Waals surface area (Å²) in [5, 5.41) is 17.7. The maximum absolute atomic E-state index is 9.01. The van der Waals surface area contributed by atoms with Gasteiger partial charge in [-0.05, 0) is 43.9 Å². The Hall–Kier alpha value is -3.30. The molecule has 0 radical (unpaired) electrons. The van der Waals surface area contributed by atoms with Crippen molar-refractivity contribution in [2.24, 2.45) is 0 Å². The molecule has 1 aliphatic rings. The van der Waals surface area contributed by atoms with Crippen molar-refractivity contribution in [3.63, 3.8) is 0 Å². The molecular formula is C28H36N6. The number of rotatable bonds is 10. The molecule has 0 unspecified atom stereocenters. The molecule has 2 N–H and O–H groups in total. The topological polar surface area (TPSA) is 67.2 Å². The van der Waals surface area contributed by atoms with Crippen LogP contribution in [0.15, 0.2) is 60.7 Å². The maximum atomic E-state index is 9.01. The highest BCUT2D eigenvalue weighted by atomic mass is 15.1. The van der Waals surface area contributed by atoms with E-state index in [0.717, 1.165) is 56.7 Å². The standard InChI is InChI=1S/C28H36N6/c1-33(2)27-21-28(32-26-12-7-6-11-25(26)27)31-23-15-13-22(14-16-23)30-18-20-34(19-8-17-29)24-9-4-3-5-10-24/h3-7,9-12,21-23,30H,8,13-16,18-20H2,1-2H3,(H,31,32)/t22-,23+. The van der Waals surface area contributed by atoms with E-state index >= 15 is 0 Å². The second kappa shape index (κ2) is 11.7. The highest BCUT2D eigenvalue weighted by Crippen LogP contribution is 2.29. The summed E-state index contributed by atoms with van der Waals surface area (Å²) in [4.78, 5) is 9.33. The van der Waals surface area contributed by atoms with E-state index in [-0.39, 0.29) is 0 Å². The lowest BCUT2D eigenvalue weighted by Gasteiger charge is -2.31. The Morgan fingerprint density at radius 3 is 2.38 bits per heavy atom. The molecule has 34 heavy (non-hydrogen) atoms. The van der Waals surface area contributed by atoms with E-state index in [0.29, 0.717) is 18.5 Å². The van der Waals surface area contributed by atoms with Gasteiger partial charge < -0.3 is 20.4 Å². The molecule has 3 aromatic rings. The fraction of sp³-hybridized carbons (Fsp3) is 0.429. The van der Waals surface area contributed by atoms with Gasteiger partial charge in [0, 0.05) is 68.6 Å². The summed E-state index contributed by atoms with van der Waals surface area (Å²) >= 11 is 0. The van der Waals surface area contributed by atoms with Gasteiger partial charge in [0.15, 0.2) is 0 Å². The highest BCUT2D eigenvalue weighted by molar-refractivity contribution is 5.93. The highest BCUT2D eigenvalue weighted by Gasteiger charge is 2.21. The molecule has 0 aliphatic heterocycles. The van der Waals surface area contributed by atoms with Crippen LogP contribution in [0.4, 0.5) is 17.2 Å². The third-order valence-electron chi connectivity index (χ3n) is 6.68. The van der Waals surface area contributed by atoms with E-state index in [2.05, 4.69) is 95.2 Å². The second-order valence-electron chi connectivity index (χ2n) is 9.32. The first-order valence-electron chi connectivity index (χ1n) is 12.4. The summed E-state index contributed by atoms with van der Waals surface area (Å²) in [6, 6.07) is 24.2. The molecule has 1 saturated carbocycles. The Morgan fingerprint density at radius 2 is 1.65 bits per heavy atom. The second-order valence-corrected chi connectivity index (χ2v) is 9.32. The Balaban J connectivity index is 1.27. The molecule has 2 aromatic carbocycles. The summed E-state index contributed by atoms with van der Waals surface area (Å²) < 4.78 is 0. The van der Waals surface area contributed by atoms with E-state index in [4.69, 9.17) is 10.2 Å². The van der Waals surface area contributed by atoms with Gasteiger partial charge in [-0.2, -0.15) is 5.26 Å². The largest absolute Gasteiger partial charge is 0.377 e. The zero-order valence-electron chi connectivity index (χ0n) is 20.4. The normalized spacial score (nSPS) is 17.8. The average Bonchev–Trinajstić information content (AvgIpc) is 2.87. The van der Waals surface area contributed by atoms with Crippen LogP contribution in [-0.4, -0.2) is 50.8 Å². The molecule has 0 atom stereocenters. The van der Waals surface area contributed by atoms with Gasteiger partial charge in [-0.3, -0.25) is 0 Å². The van der Waals surface area contributed by atoms with Crippen LogP contribution in [0.2, 0.25) is 0 Å². The van der Waals surface area contributed by atoms with Gasteiger partial charge in [0.05, 0.1) is 18.0 Å². The lowest BCUT2D eigenvalue weighted by molar-refractivity contribution is 0.356. The smallest absolute Gasteiger partial charge is 0.128 e. The fourth-order valence-electron chi connectivity index (χ4n) is 4.85. The van der Waals surface area contributed by atoms with Crippen LogP contribution in [0.5, 0.6) is 0 Å². The number of fused-ring (bicyclic) bond motifs is 1. The van der Waals surface area contributed by atoms with Crippen molar-refractivity contribution in [3.8, 4) is 6.07 Å². The van der Waals surface area contributed by atoms with Gasteiger partial charge >= 0.3 is 0 Å². The maximum Gasteiger partial charge on any atom is 0.128 e. The SMILES string of the molecule is CN(C)c1cc(N[C@H]2CC[C@@H](NCCN(CCC#N)c3ccccc3)CC2)nc2ccccc12. The number of pyridine rings is 1. The number of nitriles is 1. The van der Waals surface area contributed by atoms with Crippen molar-refractivity contribution in [1.82, 2.24) is 10.3 Å². The number of nitrogens with one attached hydrogen (secondary N) is 2. The van der Waals surface area contributed by atoms with Gasteiger partial charge in [0.1, 0.15) is 5.82 Å². The van der Waals surface area contributed by atoms with Crippen LogP contribution in [0.1, 0.15) is 32.1 Å². The zero-order chi connectivity index (χ0) is 23.8. The van der Waals surface area contributed by atoms with E-state index in [9.17, 15) is 0 Å². The summed E-state index contributed by atoms with van der Waals surface area (Å²) in [5.41, 5.74) is 3.42. The van der Waals surface area contributed by atoms with Crippen molar-refractivity contribution in [2.45, 2.75) is 44.2 Å². The lowest BCUT2D eigenvalue weighted by Crippen LogP contribution is -2.41. The van der Waals surface area contributed by atoms with Crippen LogP contribution in [-0.2, 0) is 0 Å². The molecule has 0 bridgehead atoms. The minimum Gasteiger partial charge on any atom is -0.377 e. The number of hydrogen-bond donors (Lipinski definition) is 2. The molecule has 6 heteroatoms. The number of para-hydroxylation sites is 2. The van der Waals surface area contributed by atoms with Crippen LogP contribution in [0, 0.1) is 11.3 Å². The molecule has 6 nitrogen and oxygen atoms in total. The number of nitrogens with zero attached hydrogens (tertiary/aromatic N) is 4. The molecule has 4 rings (SSSR count). The Morgan fingerprint density at radius 1 is 0.941 bits per heavy atom. The quantitative estimate of drug-likeness (QED) is 0.446. The molecule has 1 aromatic heterocycles.